The Morgan fingerprint density at radius 1 is 1.14 bits per heavy atom. The molecule has 1 aliphatic rings. The van der Waals surface area contributed by atoms with E-state index >= 15 is 0 Å². The van der Waals surface area contributed by atoms with Gasteiger partial charge in [-0.15, -0.1) is 0 Å². The molecule has 0 unspecified atom stereocenters. The van der Waals surface area contributed by atoms with Crippen molar-refractivity contribution in [3.05, 3.63) is 47.4 Å². The first-order chi connectivity index (χ1) is 13.9. The number of ether oxygens (including phenoxy) is 1. The number of benzene rings is 1. The zero-order valence-corrected chi connectivity index (χ0v) is 17.8. The number of carbonyl (C=O) groups is 1. The van der Waals surface area contributed by atoms with Crippen molar-refractivity contribution in [2.45, 2.75) is 33.2 Å². The standard InChI is InChI=1S/C22H31N5O2/c1-16(2)22-24-17(3)13-20(25-22)27-11-9-26(10-12-27)15-21(28)23-14-18-5-7-19(29-4)8-6-18/h5-8,13,16H,9-12,14-15H2,1-4H3,(H,23,28). The summed E-state index contributed by atoms with van der Waals surface area (Å²) in [5, 5.41) is 3.00. The Bertz CT molecular complexity index is 814. The van der Waals surface area contributed by atoms with Gasteiger partial charge in [0.2, 0.25) is 5.91 Å². The summed E-state index contributed by atoms with van der Waals surface area (Å²) in [5.41, 5.74) is 2.06. The first-order valence-corrected chi connectivity index (χ1v) is 10.2. The minimum atomic E-state index is 0.0502. The number of piperazine rings is 1. The van der Waals surface area contributed by atoms with Crippen LogP contribution < -0.4 is 15.0 Å². The second kappa shape index (κ2) is 9.69. The van der Waals surface area contributed by atoms with Crippen LogP contribution in [0.5, 0.6) is 5.75 Å². The summed E-state index contributed by atoms with van der Waals surface area (Å²) in [4.78, 5) is 26.0. The van der Waals surface area contributed by atoms with Crippen LogP contribution in [0.15, 0.2) is 30.3 Å². The molecule has 1 aromatic heterocycles. The first-order valence-electron chi connectivity index (χ1n) is 10.2. The van der Waals surface area contributed by atoms with E-state index in [1.54, 1.807) is 7.11 Å². The number of nitrogens with one attached hydrogen (secondary N) is 1. The molecule has 0 radical (unpaired) electrons. The SMILES string of the molecule is COc1ccc(CNC(=O)CN2CCN(c3cc(C)nc(C(C)C)n3)CC2)cc1. The lowest BCUT2D eigenvalue weighted by Gasteiger charge is -2.35. The van der Waals surface area contributed by atoms with E-state index in [2.05, 4.69) is 33.9 Å². The van der Waals surface area contributed by atoms with Crippen molar-refractivity contribution < 1.29 is 9.53 Å². The fraction of sp³-hybridized carbons (Fsp3) is 0.500. The molecular weight excluding hydrogens is 366 g/mol. The molecule has 0 aliphatic carbocycles. The fourth-order valence-corrected chi connectivity index (χ4v) is 3.33. The van der Waals surface area contributed by atoms with Crippen molar-refractivity contribution in [1.29, 1.82) is 0 Å². The highest BCUT2D eigenvalue weighted by atomic mass is 16.5. The van der Waals surface area contributed by atoms with E-state index in [1.807, 2.05) is 37.3 Å². The van der Waals surface area contributed by atoms with Crippen LogP contribution in [0.3, 0.4) is 0 Å². The maximum atomic E-state index is 12.3. The topological polar surface area (TPSA) is 70.6 Å². The van der Waals surface area contributed by atoms with Crippen LogP contribution in [0.25, 0.3) is 0 Å². The monoisotopic (exact) mass is 397 g/mol. The number of methoxy groups -OCH3 is 1. The Morgan fingerprint density at radius 2 is 1.83 bits per heavy atom. The molecule has 1 amide bonds. The summed E-state index contributed by atoms with van der Waals surface area (Å²) in [5.74, 6) is 3.06. The normalized spacial score (nSPS) is 14.9. The predicted octanol–water partition coefficient (Wildman–Crippen LogP) is 2.36. The molecule has 1 saturated heterocycles. The molecule has 0 spiro atoms. The van der Waals surface area contributed by atoms with Gasteiger partial charge in [-0.05, 0) is 24.6 Å². The molecule has 156 valence electrons. The molecule has 7 heteroatoms. The van der Waals surface area contributed by atoms with Gasteiger partial charge in [0.15, 0.2) is 0 Å². The van der Waals surface area contributed by atoms with Gasteiger partial charge in [0, 0.05) is 50.4 Å². The first kappa shape index (κ1) is 21.0. The molecule has 1 aromatic carbocycles. The third-order valence-electron chi connectivity index (χ3n) is 5.09. The number of nitrogens with zero attached hydrogens (tertiary/aromatic N) is 4. The predicted molar refractivity (Wildman–Crippen MR) is 114 cm³/mol. The van der Waals surface area contributed by atoms with Crippen molar-refractivity contribution in [1.82, 2.24) is 20.2 Å². The minimum absolute atomic E-state index is 0.0502. The lowest BCUT2D eigenvalue weighted by molar-refractivity contribution is -0.122. The Labute approximate surface area is 173 Å². The average molecular weight is 398 g/mol. The Balaban J connectivity index is 1.46. The lowest BCUT2D eigenvalue weighted by atomic mass is 10.2. The second-order valence-corrected chi connectivity index (χ2v) is 7.77. The van der Waals surface area contributed by atoms with Gasteiger partial charge >= 0.3 is 0 Å². The molecule has 1 N–H and O–H groups in total. The molecule has 29 heavy (non-hydrogen) atoms. The molecular formula is C22H31N5O2. The van der Waals surface area contributed by atoms with E-state index in [4.69, 9.17) is 9.72 Å². The van der Waals surface area contributed by atoms with Gasteiger partial charge in [-0.2, -0.15) is 0 Å². The maximum absolute atomic E-state index is 12.3. The Morgan fingerprint density at radius 3 is 2.45 bits per heavy atom. The van der Waals surface area contributed by atoms with Crippen LogP contribution in [0.2, 0.25) is 0 Å². The molecule has 0 saturated carbocycles. The summed E-state index contributed by atoms with van der Waals surface area (Å²) in [7, 11) is 1.64. The van der Waals surface area contributed by atoms with Crippen LogP contribution in [0.1, 0.15) is 36.8 Å². The van der Waals surface area contributed by atoms with Crippen LogP contribution in [0.4, 0.5) is 5.82 Å². The number of carbonyl (C=O) groups excluding carboxylic acids is 1. The molecule has 0 atom stereocenters. The quantitative estimate of drug-likeness (QED) is 0.773. The van der Waals surface area contributed by atoms with E-state index in [9.17, 15) is 4.79 Å². The van der Waals surface area contributed by atoms with E-state index in [0.29, 0.717) is 19.0 Å². The van der Waals surface area contributed by atoms with Crippen molar-refractivity contribution in [2.75, 3.05) is 44.7 Å². The van der Waals surface area contributed by atoms with Gasteiger partial charge in [-0.1, -0.05) is 26.0 Å². The lowest BCUT2D eigenvalue weighted by Crippen LogP contribution is -2.49. The molecule has 7 nitrogen and oxygen atoms in total. The third-order valence-corrected chi connectivity index (χ3v) is 5.09. The molecule has 2 aromatic rings. The highest BCUT2D eigenvalue weighted by molar-refractivity contribution is 5.78. The zero-order valence-electron chi connectivity index (χ0n) is 17.8. The van der Waals surface area contributed by atoms with Gasteiger partial charge in [-0.3, -0.25) is 9.69 Å². The summed E-state index contributed by atoms with van der Waals surface area (Å²) in [6.07, 6.45) is 0. The largest absolute Gasteiger partial charge is 0.497 e. The summed E-state index contributed by atoms with van der Waals surface area (Å²) < 4.78 is 5.15. The van der Waals surface area contributed by atoms with E-state index in [1.165, 1.54) is 0 Å². The summed E-state index contributed by atoms with van der Waals surface area (Å²) in [6.45, 7) is 10.6. The summed E-state index contributed by atoms with van der Waals surface area (Å²) in [6, 6.07) is 9.78. The van der Waals surface area contributed by atoms with Crippen LogP contribution in [-0.4, -0.2) is 60.6 Å². The van der Waals surface area contributed by atoms with Crippen molar-refractivity contribution in [3.8, 4) is 5.75 Å². The number of hydrogen-bond donors (Lipinski definition) is 1. The Kier molecular flexibility index (Phi) is 7.04. The van der Waals surface area contributed by atoms with Gasteiger partial charge in [-0.25, -0.2) is 9.97 Å². The van der Waals surface area contributed by atoms with E-state index in [-0.39, 0.29) is 5.91 Å². The van der Waals surface area contributed by atoms with Crippen LogP contribution >= 0.6 is 0 Å². The van der Waals surface area contributed by atoms with E-state index in [0.717, 1.165) is 54.8 Å². The van der Waals surface area contributed by atoms with Gasteiger partial charge in [0.25, 0.3) is 0 Å². The molecule has 2 heterocycles. The number of amides is 1. The van der Waals surface area contributed by atoms with E-state index < -0.39 is 0 Å². The third kappa shape index (κ3) is 5.90. The van der Waals surface area contributed by atoms with Gasteiger partial charge in [0.05, 0.1) is 13.7 Å². The Hall–Kier alpha value is -2.67. The maximum Gasteiger partial charge on any atom is 0.234 e. The smallest absolute Gasteiger partial charge is 0.234 e. The number of anilines is 1. The van der Waals surface area contributed by atoms with Crippen molar-refractivity contribution >= 4 is 11.7 Å². The number of hydrogen-bond acceptors (Lipinski definition) is 6. The average Bonchev–Trinajstić information content (AvgIpc) is 2.72. The number of aryl methyl sites for hydroxylation is 1. The highest BCUT2D eigenvalue weighted by Crippen LogP contribution is 2.18. The minimum Gasteiger partial charge on any atom is -0.497 e. The zero-order chi connectivity index (χ0) is 20.8. The number of rotatable bonds is 7. The van der Waals surface area contributed by atoms with Gasteiger partial charge < -0.3 is 15.0 Å². The molecule has 1 aliphatic heterocycles. The van der Waals surface area contributed by atoms with Crippen molar-refractivity contribution in [3.63, 3.8) is 0 Å². The fourth-order valence-electron chi connectivity index (χ4n) is 3.33. The summed E-state index contributed by atoms with van der Waals surface area (Å²) >= 11 is 0. The van der Waals surface area contributed by atoms with Crippen LogP contribution in [0, 0.1) is 6.92 Å². The second-order valence-electron chi connectivity index (χ2n) is 7.77. The number of aromatic nitrogens is 2. The van der Waals surface area contributed by atoms with Gasteiger partial charge in [0.1, 0.15) is 17.4 Å². The highest BCUT2D eigenvalue weighted by Gasteiger charge is 2.21. The van der Waals surface area contributed by atoms with Crippen molar-refractivity contribution in [2.24, 2.45) is 0 Å². The molecule has 3 rings (SSSR count). The molecule has 1 fully saturated rings. The molecule has 0 bridgehead atoms. The van der Waals surface area contributed by atoms with Crippen LogP contribution in [-0.2, 0) is 11.3 Å².